The number of amides is 2. The van der Waals surface area contributed by atoms with Crippen LogP contribution < -0.4 is 15.4 Å². The maximum Gasteiger partial charge on any atom is 0.251 e. The van der Waals surface area contributed by atoms with E-state index < -0.39 is 16.1 Å². The molecule has 2 unspecified atom stereocenters. The van der Waals surface area contributed by atoms with Gasteiger partial charge in [-0.1, -0.05) is 24.6 Å². The van der Waals surface area contributed by atoms with Crippen LogP contribution in [0.3, 0.4) is 0 Å². The number of methoxy groups -OCH3 is 1. The van der Waals surface area contributed by atoms with Gasteiger partial charge in [0.1, 0.15) is 11.8 Å². The second-order valence-corrected chi connectivity index (χ2v) is 11.0. The first kappa shape index (κ1) is 26.7. The molecule has 2 aromatic rings. The SMILES string of the molecule is CCC(C)NC(=O)C(NC(=O)c1ccc(OC)cc1)C1CCN(S(=O)(=O)c2ccc(C)cc2)CC1. The van der Waals surface area contributed by atoms with Gasteiger partial charge >= 0.3 is 0 Å². The number of aryl methyl sites for hydroxylation is 1. The summed E-state index contributed by atoms with van der Waals surface area (Å²) in [5, 5.41) is 5.87. The third-order valence-corrected chi connectivity index (χ3v) is 8.46. The van der Waals surface area contributed by atoms with Gasteiger partial charge in [0.25, 0.3) is 5.91 Å². The monoisotopic (exact) mass is 501 g/mol. The smallest absolute Gasteiger partial charge is 0.251 e. The highest BCUT2D eigenvalue weighted by Gasteiger charge is 2.36. The molecule has 0 spiro atoms. The number of ether oxygens (including phenoxy) is 1. The van der Waals surface area contributed by atoms with E-state index in [0.29, 0.717) is 24.2 Å². The number of carbonyl (C=O) groups is 2. The maximum atomic E-state index is 13.1. The average molecular weight is 502 g/mol. The zero-order chi connectivity index (χ0) is 25.6. The van der Waals surface area contributed by atoms with Gasteiger partial charge in [0, 0.05) is 24.7 Å². The molecule has 1 heterocycles. The van der Waals surface area contributed by atoms with E-state index in [1.54, 1.807) is 55.6 Å². The largest absolute Gasteiger partial charge is 0.497 e. The molecule has 0 radical (unpaired) electrons. The summed E-state index contributed by atoms with van der Waals surface area (Å²) in [5.74, 6) is -0.159. The van der Waals surface area contributed by atoms with Crippen molar-refractivity contribution in [3.63, 3.8) is 0 Å². The summed E-state index contributed by atoms with van der Waals surface area (Å²) in [7, 11) is -2.06. The van der Waals surface area contributed by atoms with E-state index in [9.17, 15) is 18.0 Å². The van der Waals surface area contributed by atoms with Crippen molar-refractivity contribution in [1.29, 1.82) is 0 Å². The molecule has 1 fully saturated rings. The summed E-state index contributed by atoms with van der Waals surface area (Å²) < 4.78 is 32.8. The minimum absolute atomic E-state index is 0.0371. The molecule has 1 aliphatic rings. The maximum absolute atomic E-state index is 13.1. The molecule has 0 aromatic heterocycles. The Morgan fingerprint density at radius 2 is 1.63 bits per heavy atom. The zero-order valence-electron chi connectivity index (χ0n) is 20.8. The van der Waals surface area contributed by atoms with E-state index in [-0.39, 0.29) is 41.8 Å². The molecule has 2 amide bonds. The van der Waals surface area contributed by atoms with Crippen LogP contribution in [0.1, 0.15) is 49.0 Å². The summed E-state index contributed by atoms with van der Waals surface area (Å²) in [6, 6.07) is 12.7. The Kier molecular flexibility index (Phi) is 8.91. The van der Waals surface area contributed by atoms with Gasteiger partial charge in [-0.25, -0.2) is 8.42 Å². The van der Waals surface area contributed by atoms with E-state index in [1.807, 2.05) is 20.8 Å². The van der Waals surface area contributed by atoms with Crippen molar-refractivity contribution in [3.05, 3.63) is 59.7 Å². The van der Waals surface area contributed by atoms with Gasteiger partial charge in [0.2, 0.25) is 15.9 Å². The van der Waals surface area contributed by atoms with Crippen LogP contribution in [0.5, 0.6) is 5.75 Å². The molecule has 35 heavy (non-hydrogen) atoms. The number of benzene rings is 2. The quantitative estimate of drug-likeness (QED) is 0.549. The zero-order valence-corrected chi connectivity index (χ0v) is 21.6. The Labute approximate surface area is 208 Å². The highest BCUT2D eigenvalue weighted by Crippen LogP contribution is 2.26. The third kappa shape index (κ3) is 6.61. The number of hydrogen-bond donors (Lipinski definition) is 2. The first-order chi connectivity index (χ1) is 16.6. The van der Waals surface area contributed by atoms with E-state index in [0.717, 1.165) is 12.0 Å². The Hall–Kier alpha value is -2.91. The van der Waals surface area contributed by atoms with Crippen molar-refractivity contribution >= 4 is 21.8 Å². The van der Waals surface area contributed by atoms with Crippen molar-refractivity contribution in [3.8, 4) is 5.75 Å². The summed E-state index contributed by atoms with van der Waals surface area (Å²) >= 11 is 0. The summed E-state index contributed by atoms with van der Waals surface area (Å²) in [4.78, 5) is 26.4. The fourth-order valence-corrected chi connectivity index (χ4v) is 5.58. The molecule has 9 heteroatoms. The van der Waals surface area contributed by atoms with Crippen LogP contribution in [0.25, 0.3) is 0 Å². The highest BCUT2D eigenvalue weighted by atomic mass is 32.2. The molecule has 2 N–H and O–H groups in total. The molecule has 3 rings (SSSR count). The Morgan fingerprint density at radius 1 is 1.03 bits per heavy atom. The van der Waals surface area contributed by atoms with Crippen LogP contribution in [-0.2, 0) is 14.8 Å². The summed E-state index contributed by atoms with van der Waals surface area (Å²) in [5.41, 5.74) is 1.41. The van der Waals surface area contributed by atoms with Crippen molar-refractivity contribution in [2.75, 3.05) is 20.2 Å². The lowest BCUT2D eigenvalue weighted by atomic mass is 9.89. The molecular weight excluding hydrogens is 466 g/mol. The standard InChI is InChI=1S/C26H35N3O5S/c1-5-19(3)27-26(31)24(28-25(30)21-8-10-22(34-4)11-9-21)20-14-16-29(17-15-20)35(32,33)23-12-6-18(2)7-13-23/h6-13,19-20,24H,5,14-17H2,1-4H3,(H,27,31)(H,28,30). The van der Waals surface area contributed by atoms with Crippen molar-refractivity contribution in [2.45, 2.75) is 57.0 Å². The number of rotatable bonds is 9. The lowest BCUT2D eigenvalue weighted by Gasteiger charge is -2.35. The van der Waals surface area contributed by atoms with Gasteiger partial charge in [-0.3, -0.25) is 9.59 Å². The number of piperidine rings is 1. The van der Waals surface area contributed by atoms with Gasteiger partial charge < -0.3 is 15.4 Å². The van der Waals surface area contributed by atoms with E-state index in [1.165, 1.54) is 4.31 Å². The Morgan fingerprint density at radius 3 is 2.17 bits per heavy atom. The molecule has 2 aromatic carbocycles. The van der Waals surface area contributed by atoms with Crippen LogP contribution in [0.4, 0.5) is 0 Å². The lowest BCUT2D eigenvalue weighted by molar-refractivity contribution is -0.125. The van der Waals surface area contributed by atoms with Crippen LogP contribution >= 0.6 is 0 Å². The van der Waals surface area contributed by atoms with Gasteiger partial charge in [-0.15, -0.1) is 0 Å². The Bertz CT molecular complexity index is 1110. The normalized spacial score (nSPS) is 16.8. The van der Waals surface area contributed by atoms with Crippen molar-refractivity contribution < 1.29 is 22.7 Å². The number of sulfonamides is 1. The van der Waals surface area contributed by atoms with Crippen LogP contribution in [-0.4, -0.2) is 56.8 Å². The second kappa shape index (κ2) is 11.7. The van der Waals surface area contributed by atoms with Gasteiger partial charge in [-0.2, -0.15) is 4.31 Å². The number of nitrogens with zero attached hydrogens (tertiary/aromatic N) is 1. The van der Waals surface area contributed by atoms with Crippen molar-refractivity contribution in [2.24, 2.45) is 5.92 Å². The highest BCUT2D eigenvalue weighted by molar-refractivity contribution is 7.89. The van der Waals surface area contributed by atoms with Crippen molar-refractivity contribution in [1.82, 2.24) is 14.9 Å². The average Bonchev–Trinajstić information content (AvgIpc) is 2.87. The molecule has 0 saturated carbocycles. The molecule has 0 aliphatic carbocycles. The first-order valence-electron chi connectivity index (χ1n) is 12.0. The molecule has 1 saturated heterocycles. The van der Waals surface area contributed by atoms with E-state index in [2.05, 4.69) is 10.6 Å². The van der Waals surface area contributed by atoms with E-state index >= 15 is 0 Å². The molecular formula is C26H35N3O5S. The predicted molar refractivity (Wildman–Crippen MR) is 135 cm³/mol. The van der Waals surface area contributed by atoms with Gasteiger partial charge in [0.05, 0.1) is 12.0 Å². The van der Waals surface area contributed by atoms with Crippen LogP contribution in [0.2, 0.25) is 0 Å². The summed E-state index contributed by atoms with van der Waals surface area (Å²) in [6.07, 6.45) is 1.69. The summed E-state index contributed by atoms with van der Waals surface area (Å²) in [6.45, 7) is 6.37. The lowest BCUT2D eigenvalue weighted by Crippen LogP contribution is -2.55. The molecule has 1 aliphatic heterocycles. The number of carbonyl (C=O) groups excluding carboxylic acids is 2. The number of hydrogen-bond acceptors (Lipinski definition) is 5. The topological polar surface area (TPSA) is 105 Å². The van der Waals surface area contributed by atoms with Crippen LogP contribution in [0.15, 0.2) is 53.4 Å². The van der Waals surface area contributed by atoms with Crippen LogP contribution in [0, 0.1) is 12.8 Å². The fraction of sp³-hybridized carbons (Fsp3) is 0.462. The number of nitrogens with one attached hydrogen (secondary N) is 2. The molecule has 2 atom stereocenters. The first-order valence-corrected chi connectivity index (χ1v) is 13.4. The van der Waals surface area contributed by atoms with E-state index in [4.69, 9.17) is 4.74 Å². The minimum Gasteiger partial charge on any atom is -0.497 e. The molecule has 0 bridgehead atoms. The third-order valence-electron chi connectivity index (χ3n) is 6.55. The van der Waals surface area contributed by atoms with Gasteiger partial charge in [0.15, 0.2) is 0 Å². The fourth-order valence-electron chi connectivity index (χ4n) is 4.11. The second-order valence-electron chi connectivity index (χ2n) is 9.05. The Balaban J connectivity index is 1.73. The minimum atomic E-state index is -3.61. The molecule has 190 valence electrons. The molecule has 8 nitrogen and oxygen atoms in total. The predicted octanol–water partition coefficient (Wildman–Crippen LogP) is 3.12. The van der Waals surface area contributed by atoms with Gasteiger partial charge in [-0.05, 0) is 75.4 Å².